The monoisotopic (exact) mass is 1240 g/mol. The molecule has 0 bridgehead atoms. The molecule has 17 nitrogen and oxygen atoms in total. The third-order valence-electron chi connectivity index (χ3n) is 13.7. The highest BCUT2D eigenvalue weighted by atomic mass is 32.2. The highest BCUT2D eigenvalue weighted by molar-refractivity contribution is 7.99. The van der Waals surface area contributed by atoms with Gasteiger partial charge in [-0.05, 0) is 143 Å². The van der Waals surface area contributed by atoms with Gasteiger partial charge in [-0.3, -0.25) is 4.79 Å². The minimum atomic E-state index is -2.83. The molecule has 2 aliphatic heterocycles. The number of thioether (sulfide) groups is 2. The average molecular weight is 1240 g/mol. The highest BCUT2D eigenvalue weighted by Gasteiger charge is 2.41. The number of carbonyl (C=O) groups excluding carboxylic acids is 2. The van der Waals surface area contributed by atoms with E-state index < -0.39 is 35.9 Å². The van der Waals surface area contributed by atoms with Crippen LogP contribution in [0.1, 0.15) is 115 Å². The van der Waals surface area contributed by atoms with Crippen LogP contribution in [-0.2, 0) is 50.3 Å². The maximum atomic E-state index is 13.3. The van der Waals surface area contributed by atoms with E-state index in [9.17, 15) is 9.59 Å². The van der Waals surface area contributed by atoms with Crippen molar-refractivity contribution in [2.24, 2.45) is 0 Å². The Kier molecular flexibility index (Phi) is 31.1. The van der Waals surface area contributed by atoms with Gasteiger partial charge in [0.15, 0.2) is 0 Å². The minimum absolute atomic E-state index is 0.127. The largest absolute Gasteiger partial charge is 0.500 e. The van der Waals surface area contributed by atoms with Crippen LogP contribution in [0.15, 0.2) is 97.1 Å². The van der Waals surface area contributed by atoms with Gasteiger partial charge in [0.25, 0.3) is 0 Å². The second kappa shape index (κ2) is 38.0. The van der Waals surface area contributed by atoms with Crippen molar-refractivity contribution in [3.8, 4) is 23.0 Å². The van der Waals surface area contributed by atoms with Gasteiger partial charge >= 0.3 is 29.7 Å². The lowest BCUT2D eigenvalue weighted by Gasteiger charge is -2.30. The predicted octanol–water partition coefficient (Wildman–Crippen LogP) is 12.1. The molecule has 6 rings (SSSR count). The molecule has 1 N–H and O–H groups in total. The Labute approximate surface area is 510 Å². The van der Waals surface area contributed by atoms with Crippen molar-refractivity contribution in [1.29, 1.82) is 0 Å². The van der Waals surface area contributed by atoms with Gasteiger partial charge < -0.3 is 69.8 Å². The first-order chi connectivity index (χ1) is 41.0. The molecule has 4 aromatic carbocycles. The van der Waals surface area contributed by atoms with Gasteiger partial charge in [0.2, 0.25) is 0 Å². The molecule has 466 valence electrons. The zero-order chi connectivity index (χ0) is 59.8. The number of nitrogens with one attached hydrogen (secondary N) is 1. The Bertz CT molecular complexity index is 2240. The molecule has 0 spiro atoms. The number of amides is 1. The number of hydrogen-bond donors (Lipinski definition) is 1. The molecule has 2 heterocycles. The standard InChI is InChI=1S/C63H93NO16S2Si2/c1-9-73-83(74-10-2,75-11-3)38-18-17-20-60(65)79-58(46-81-15-7)44-69-54-33-25-50(26-34-54)61(48-21-29-52(30-22-48)67-40-56-42-71-56)62(49-23-31-53(32-24-49)68-41-57-43-72-57)51-27-35-55(36-28-51)70-45-59(47-82-16-8)80-63(66)64-37-19-39-84(76-12-4,77-13-5)78-14-6/h21-36,56-59,61-62H,9-20,37-47H2,1-8H3,(H,64,66). The van der Waals surface area contributed by atoms with Crippen molar-refractivity contribution in [2.45, 2.75) is 129 Å². The number of hydrogen-bond acceptors (Lipinski definition) is 18. The number of epoxide rings is 2. The Morgan fingerprint density at radius 1 is 0.488 bits per heavy atom. The van der Waals surface area contributed by atoms with E-state index in [2.05, 4.69) is 67.7 Å². The van der Waals surface area contributed by atoms with Crippen LogP contribution in [0.4, 0.5) is 4.79 Å². The van der Waals surface area contributed by atoms with E-state index in [4.69, 9.17) is 64.5 Å². The number of esters is 1. The Hall–Kier alpha value is -4.37. The second-order valence-corrected chi connectivity index (χ2v) is 28.1. The van der Waals surface area contributed by atoms with E-state index in [0.717, 1.165) is 51.7 Å². The molecule has 6 atom stereocenters. The molecule has 4 aromatic rings. The van der Waals surface area contributed by atoms with Gasteiger partial charge in [0.05, 0.1) is 13.2 Å². The highest BCUT2D eigenvalue weighted by Crippen LogP contribution is 2.45. The summed E-state index contributed by atoms with van der Waals surface area (Å²) in [6.45, 7) is 22.0. The van der Waals surface area contributed by atoms with Crippen molar-refractivity contribution in [3.05, 3.63) is 119 Å². The predicted molar refractivity (Wildman–Crippen MR) is 334 cm³/mol. The Morgan fingerprint density at radius 2 is 0.833 bits per heavy atom. The van der Waals surface area contributed by atoms with Gasteiger partial charge in [-0.15, -0.1) is 0 Å². The first-order valence-corrected chi connectivity index (χ1v) is 36.5. The van der Waals surface area contributed by atoms with Crippen LogP contribution in [0, 0.1) is 0 Å². The fourth-order valence-corrected chi connectivity index (χ4v) is 16.2. The topological polar surface area (TPSA) is 182 Å². The molecule has 0 saturated carbocycles. The third-order valence-corrected chi connectivity index (χ3v) is 22.0. The third kappa shape index (κ3) is 24.1. The van der Waals surface area contributed by atoms with Crippen molar-refractivity contribution >= 4 is 53.2 Å². The molecule has 2 aliphatic rings. The number of unbranched alkanes of at least 4 members (excludes halogenated alkanes) is 1. The van der Waals surface area contributed by atoms with E-state index in [1.54, 1.807) is 23.5 Å². The van der Waals surface area contributed by atoms with Crippen molar-refractivity contribution in [2.75, 3.05) is 109 Å². The first-order valence-electron chi connectivity index (χ1n) is 30.3. The molecule has 0 aromatic heterocycles. The van der Waals surface area contributed by atoms with Gasteiger partial charge in [0, 0.05) is 88.0 Å². The second-order valence-electron chi connectivity index (χ2n) is 20.0. The van der Waals surface area contributed by atoms with Crippen LogP contribution in [-0.4, -0.2) is 163 Å². The molecule has 1 amide bonds. The molecule has 84 heavy (non-hydrogen) atoms. The quantitative estimate of drug-likeness (QED) is 0.0191. The minimum Gasteiger partial charge on any atom is -0.491 e. The number of carbonyl (C=O) groups is 2. The van der Waals surface area contributed by atoms with E-state index in [1.807, 2.05) is 90.1 Å². The lowest BCUT2D eigenvalue weighted by molar-refractivity contribution is -0.149. The van der Waals surface area contributed by atoms with Gasteiger partial charge in [-0.1, -0.05) is 62.4 Å². The molecular weight excluding hydrogens is 1150 g/mol. The molecule has 0 radical (unpaired) electrons. The Balaban J connectivity index is 1.19. The Morgan fingerprint density at radius 3 is 1.18 bits per heavy atom. The molecule has 21 heteroatoms. The van der Waals surface area contributed by atoms with E-state index in [1.165, 1.54) is 0 Å². The van der Waals surface area contributed by atoms with Crippen LogP contribution in [0.5, 0.6) is 23.0 Å². The summed E-state index contributed by atoms with van der Waals surface area (Å²) in [5, 5.41) is 2.91. The summed E-state index contributed by atoms with van der Waals surface area (Å²) in [4.78, 5) is 26.4. The van der Waals surface area contributed by atoms with Crippen molar-refractivity contribution < 1.29 is 74.0 Å². The summed E-state index contributed by atoms with van der Waals surface area (Å²) in [5.41, 5.74) is 4.26. The van der Waals surface area contributed by atoms with Crippen LogP contribution in [0.3, 0.4) is 0 Å². The fraction of sp³-hybridized carbons (Fsp3) is 0.587. The van der Waals surface area contributed by atoms with E-state index in [-0.39, 0.29) is 49.6 Å². The average Bonchev–Trinajstić information content (AvgIpc) is 3.58. The van der Waals surface area contributed by atoms with Gasteiger partial charge in [-0.2, -0.15) is 23.5 Å². The summed E-state index contributed by atoms with van der Waals surface area (Å²) in [6.07, 6.45) is 1.09. The molecule has 0 aliphatic carbocycles. The van der Waals surface area contributed by atoms with Crippen LogP contribution in [0.25, 0.3) is 0 Å². The lowest BCUT2D eigenvalue weighted by Crippen LogP contribution is -2.46. The number of benzene rings is 4. The lowest BCUT2D eigenvalue weighted by atomic mass is 9.73. The van der Waals surface area contributed by atoms with Crippen molar-refractivity contribution in [3.63, 3.8) is 0 Å². The summed E-state index contributed by atoms with van der Waals surface area (Å²) in [5.74, 6) is 5.12. The van der Waals surface area contributed by atoms with Crippen LogP contribution >= 0.6 is 23.5 Å². The zero-order valence-corrected chi connectivity index (χ0v) is 54.4. The van der Waals surface area contributed by atoms with Gasteiger partial charge in [-0.25, -0.2) is 4.79 Å². The van der Waals surface area contributed by atoms with E-state index >= 15 is 0 Å². The summed E-state index contributed by atoms with van der Waals surface area (Å²) in [7, 11) is -5.63. The van der Waals surface area contributed by atoms with E-state index in [0.29, 0.717) is 121 Å². The summed E-state index contributed by atoms with van der Waals surface area (Å²) >= 11 is 3.39. The van der Waals surface area contributed by atoms with Crippen LogP contribution < -0.4 is 24.3 Å². The molecule has 2 saturated heterocycles. The van der Waals surface area contributed by atoms with Crippen molar-refractivity contribution in [1.82, 2.24) is 5.32 Å². The zero-order valence-electron chi connectivity index (χ0n) is 50.8. The number of ether oxygens (including phenoxy) is 8. The fourth-order valence-electron chi connectivity index (χ4n) is 9.60. The molecule has 2 fully saturated rings. The van der Waals surface area contributed by atoms with Gasteiger partial charge in [0.1, 0.15) is 73.8 Å². The maximum absolute atomic E-state index is 13.3. The summed E-state index contributed by atoms with van der Waals surface area (Å²) < 4.78 is 83.9. The summed E-state index contributed by atoms with van der Waals surface area (Å²) in [6, 6.07) is 34.3. The number of alkyl carbamates (subject to hydrolysis) is 1. The molecular formula is C63H93NO16S2Si2. The maximum Gasteiger partial charge on any atom is 0.500 e. The van der Waals surface area contributed by atoms with Crippen LogP contribution in [0.2, 0.25) is 12.1 Å². The number of rotatable bonds is 46. The normalized spacial score (nSPS) is 16.2. The molecule has 6 unspecified atom stereocenters. The first kappa shape index (κ1) is 68.7. The SMILES string of the molecule is CCO[Si](CCCCC(=O)OC(COc1ccc(C(c2ccc(OCC3CO3)cc2)C(c2ccc(OCC3CO3)cc2)c2ccc(OCC(CSCC)OC(=O)NCCC[Si](OCC)(OCC)OCC)cc2)cc1)CSCC)(OCC)OCC. The smallest absolute Gasteiger partial charge is 0.491 e.